The van der Waals surface area contributed by atoms with E-state index in [1.165, 1.54) is 12.0 Å². The lowest BCUT2D eigenvalue weighted by atomic mass is 10.0. The molecule has 0 saturated carbocycles. The molecule has 0 spiro atoms. The number of ether oxygens (including phenoxy) is 1. The summed E-state index contributed by atoms with van der Waals surface area (Å²) in [6.07, 6.45) is 3.52. The van der Waals surface area contributed by atoms with Crippen LogP contribution in [0.15, 0.2) is 79.1 Å². The van der Waals surface area contributed by atoms with E-state index < -0.39 is 6.04 Å². The highest BCUT2D eigenvalue weighted by molar-refractivity contribution is 6.31. The molecule has 202 valence electrons. The third kappa shape index (κ3) is 5.79. The van der Waals surface area contributed by atoms with Gasteiger partial charge in [0.25, 0.3) is 11.8 Å². The molecule has 1 aliphatic rings. The van der Waals surface area contributed by atoms with Crippen molar-refractivity contribution in [2.75, 3.05) is 17.7 Å². The minimum atomic E-state index is -0.852. The molecule has 3 amide bonds. The molecule has 1 aliphatic heterocycles. The number of anilines is 2. The van der Waals surface area contributed by atoms with Gasteiger partial charge in [-0.15, -0.1) is 0 Å². The van der Waals surface area contributed by atoms with Gasteiger partial charge in [0.15, 0.2) is 0 Å². The third-order valence-electron chi connectivity index (χ3n) is 6.55. The van der Waals surface area contributed by atoms with Crippen molar-refractivity contribution in [2.24, 2.45) is 0 Å². The molecule has 0 bridgehead atoms. The summed E-state index contributed by atoms with van der Waals surface area (Å²) in [7, 11) is 1.47. The predicted molar refractivity (Wildman–Crippen MR) is 152 cm³/mol. The number of fused-ring (bicyclic) bond motifs is 1. The molecule has 0 fully saturated rings. The highest BCUT2D eigenvalue weighted by atomic mass is 35.5. The fourth-order valence-electron chi connectivity index (χ4n) is 4.51. The Kier molecular flexibility index (Phi) is 7.75. The first-order valence-corrected chi connectivity index (χ1v) is 12.9. The number of hydrogen-bond acceptors (Lipinski definition) is 6. The average molecular weight is 556 g/mol. The van der Waals surface area contributed by atoms with E-state index in [-0.39, 0.29) is 30.7 Å². The van der Waals surface area contributed by atoms with Crippen molar-refractivity contribution in [3.05, 3.63) is 112 Å². The van der Waals surface area contributed by atoms with Gasteiger partial charge in [0.05, 0.1) is 23.9 Å². The summed E-state index contributed by atoms with van der Waals surface area (Å²) in [6.45, 7) is 2.00. The summed E-state index contributed by atoms with van der Waals surface area (Å²) in [5.74, 6) is -0.337. The Labute approximate surface area is 236 Å². The molecule has 40 heavy (non-hydrogen) atoms. The van der Waals surface area contributed by atoms with E-state index in [2.05, 4.69) is 20.6 Å². The maximum Gasteiger partial charge on any atom is 0.260 e. The van der Waals surface area contributed by atoms with Crippen molar-refractivity contribution in [2.45, 2.75) is 25.9 Å². The molecular weight excluding hydrogens is 530 g/mol. The molecule has 4 aromatic rings. The zero-order valence-electron chi connectivity index (χ0n) is 21.8. The van der Waals surface area contributed by atoms with Crippen LogP contribution in [0.1, 0.15) is 37.5 Å². The first-order valence-electron chi connectivity index (χ1n) is 12.5. The first-order chi connectivity index (χ1) is 19.3. The Bertz CT molecular complexity index is 1580. The van der Waals surface area contributed by atoms with Crippen LogP contribution in [0.4, 0.5) is 11.5 Å². The molecule has 10 heteroatoms. The number of aryl methyl sites for hydroxylation is 1. The van der Waals surface area contributed by atoms with E-state index in [0.29, 0.717) is 44.7 Å². The minimum Gasteiger partial charge on any atom is -0.496 e. The van der Waals surface area contributed by atoms with Gasteiger partial charge < -0.3 is 20.3 Å². The van der Waals surface area contributed by atoms with Gasteiger partial charge in [0.2, 0.25) is 5.91 Å². The lowest BCUT2D eigenvalue weighted by Gasteiger charge is -2.29. The summed E-state index contributed by atoms with van der Waals surface area (Å²) >= 11 is 6.15. The van der Waals surface area contributed by atoms with Crippen molar-refractivity contribution in [3.63, 3.8) is 0 Å². The van der Waals surface area contributed by atoms with Crippen LogP contribution in [0, 0.1) is 6.92 Å². The molecule has 2 aromatic carbocycles. The number of methoxy groups -OCH3 is 1. The molecule has 0 saturated heterocycles. The smallest absolute Gasteiger partial charge is 0.260 e. The van der Waals surface area contributed by atoms with E-state index >= 15 is 0 Å². The Morgan fingerprint density at radius 2 is 1.93 bits per heavy atom. The highest BCUT2D eigenvalue weighted by Gasteiger charge is 2.36. The van der Waals surface area contributed by atoms with Gasteiger partial charge >= 0.3 is 0 Å². The van der Waals surface area contributed by atoms with Crippen LogP contribution in [-0.2, 0) is 17.8 Å². The van der Waals surface area contributed by atoms with Crippen LogP contribution in [0.25, 0.3) is 0 Å². The van der Waals surface area contributed by atoms with Gasteiger partial charge in [-0.1, -0.05) is 29.8 Å². The SMILES string of the molecule is COc1cc(CN2C(=O)c3ccc(Cl)cc3NC(=O)C2Cc2ccccn2)ccc1C(=O)Nc1ccc(C)cn1. The van der Waals surface area contributed by atoms with E-state index in [4.69, 9.17) is 16.3 Å². The number of halogens is 1. The molecule has 1 unspecified atom stereocenters. The molecule has 5 rings (SSSR count). The third-order valence-corrected chi connectivity index (χ3v) is 6.79. The van der Waals surface area contributed by atoms with Crippen molar-refractivity contribution < 1.29 is 19.1 Å². The topological polar surface area (TPSA) is 114 Å². The Morgan fingerprint density at radius 1 is 1.07 bits per heavy atom. The number of carbonyl (C=O) groups excluding carboxylic acids is 3. The molecule has 2 aromatic heterocycles. The van der Waals surface area contributed by atoms with Crippen LogP contribution in [0.3, 0.4) is 0 Å². The summed E-state index contributed by atoms with van der Waals surface area (Å²) in [5.41, 5.74) is 3.30. The fourth-order valence-corrected chi connectivity index (χ4v) is 4.68. The molecule has 1 atom stereocenters. The van der Waals surface area contributed by atoms with Crippen LogP contribution in [0.5, 0.6) is 5.75 Å². The molecular formula is C30H26ClN5O4. The second-order valence-electron chi connectivity index (χ2n) is 9.36. The number of rotatable bonds is 7. The minimum absolute atomic E-state index is 0.0869. The van der Waals surface area contributed by atoms with Crippen LogP contribution < -0.4 is 15.4 Å². The van der Waals surface area contributed by atoms with Gasteiger partial charge in [0, 0.05) is 36.1 Å². The first kappa shape index (κ1) is 26.8. The summed E-state index contributed by atoms with van der Waals surface area (Å²) in [4.78, 5) is 50.3. The monoisotopic (exact) mass is 555 g/mol. The van der Waals surface area contributed by atoms with E-state index in [9.17, 15) is 14.4 Å². The number of amides is 3. The lowest BCUT2D eigenvalue weighted by molar-refractivity contribution is -0.120. The van der Waals surface area contributed by atoms with Crippen molar-refractivity contribution in [1.29, 1.82) is 0 Å². The van der Waals surface area contributed by atoms with Crippen LogP contribution in [0.2, 0.25) is 5.02 Å². The standard InChI is InChI=1S/C30H26ClN5O4/c1-18-6-11-27(33-16-18)35-28(37)23-9-7-19(13-26(23)40-2)17-36-25(15-21-5-3-4-12-32-21)29(38)34-24-14-20(31)8-10-22(24)30(36)39/h3-14,16,25H,15,17H2,1-2H3,(H,34,38)(H,33,35,37). The van der Waals surface area contributed by atoms with E-state index in [1.54, 1.807) is 60.9 Å². The summed E-state index contributed by atoms with van der Waals surface area (Å²) in [6, 6.07) is 18.0. The van der Waals surface area contributed by atoms with E-state index in [1.807, 2.05) is 25.1 Å². The highest BCUT2D eigenvalue weighted by Crippen LogP contribution is 2.30. The number of hydrogen-bond donors (Lipinski definition) is 2. The molecule has 2 N–H and O–H groups in total. The van der Waals surface area contributed by atoms with Crippen molar-refractivity contribution >= 4 is 40.8 Å². The van der Waals surface area contributed by atoms with Gasteiger partial charge in [-0.3, -0.25) is 19.4 Å². The normalized spacial score (nSPS) is 14.7. The van der Waals surface area contributed by atoms with Gasteiger partial charge in [-0.25, -0.2) is 4.98 Å². The zero-order chi connectivity index (χ0) is 28.2. The Morgan fingerprint density at radius 3 is 2.65 bits per heavy atom. The van der Waals surface area contributed by atoms with Gasteiger partial charge in [-0.05, 0) is 66.6 Å². The maximum absolute atomic E-state index is 13.8. The second-order valence-corrected chi connectivity index (χ2v) is 9.80. The van der Waals surface area contributed by atoms with Crippen LogP contribution >= 0.6 is 11.6 Å². The largest absolute Gasteiger partial charge is 0.496 e. The lowest BCUT2D eigenvalue weighted by Crippen LogP contribution is -2.46. The second kappa shape index (κ2) is 11.5. The quantitative estimate of drug-likeness (QED) is 0.335. The molecule has 0 aliphatic carbocycles. The summed E-state index contributed by atoms with van der Waals surface area (Å²) < 4.78 is 5.53. The predicted octanol–water partition coefficient (Wildman–Crippen LogP) is 4.91. The summed E-state index contributed by atoms with van der Waals surface area (Å²) in [5, 5.41) is 6.03. The average Bonchev–Trinajstić information content (AvgIpc) is 3.04. The number of nitrogens with zero attached hydrogens (tertiary/aromatic N) is 3. The molecule has 3 heterocycles. The Hall–Kier alpha value is -4.76. The number of nitrogens with one attached hydrogen (secondary N) is 2. The maximum atomic E-state index is 13.8. The fraction of sp³-hybridized carbons (Fsp3) is 0.167. The molecule has 0 radical (unpaired) electrons. The van der Waals surface area contributed by atoms with Crippen LogP contribution in [-0.4, -0.2) is 45.7 Å². The van der Waals surface area contributed by atoms with Gasteiger partial charge in [-0.2, -0.15) is 0 Å². The number of aromatic nitrogens is 2. The number of pyridine rings is 2. The van der Waals surface area contributed by atoms with Gasteiger partial charge in [0.1, 0.15) is 17.6 Å². The molecule has 9 nitrogen and oxygen atoms in total. The zero-order valence-corrected chi connectivity index (χ0v) is 22.6. The number of benzene rings is 2. The van der Waals surface area contributed by atoms with E-state index in [0.717, 1.165) is 5.56 Å². The Balaban J connectivity index is 1.46. The van der Waals surface area contributed by atoms with Crippen molar-refractivity contribution in [3.8, 4) is 5.75 Å². The number of carbonyl (C=O) groups is 3. The van der Waals surface area contributed by atoms with Crippen molar-refractivity contribution in [1.82, 2.24) is 14.9 Å².